The highest BCUT2D eigenvalue weighted by Gasteiger charge is 2.35. The molecule has 0 aliphatic heterocycles. The summed E-state index contributed by atoms with van der Waals surface area (Å²) in [5.74, 6) is 0.744. The van der Waals surface area contributed by atoms with Gasteiger partial charge in [0.25, 0.3) is 0 Å². The predicted octanol–water partition coefficient (Wildman–Crippen LogP) is 6.82. The molecule has 28 heavy (non-hydrogen) atoms. The van der Waals surface area contributed by atoms with Gasteiger partial charge in [-0.1, -0.05) is 19.3 Å². The summed E-state index contributed by atoms with van der Waals surface area (Å²) >= 11 is 12.0. The quantitative estimate of drug-likeness (QED) is 0.233. The second-order valence-electron chi connectivity index (χ2n) is 7.60. The summed E-state index contributed by atoms with van der Waals surface area (Å²) in [6.45, 7) is 9.06. The molecule has 1 heterocycles. The molecule has 0 aromatic carbocycles. The maximum atomic E-state index is 13.3. The molecule has 0 atom stereocenters. The number of aromatic nitrogens is 2. The van der Waals surface area contributed by atoms with E-state index in [1.165, 1.54) is 25.3 Å². The molecule has 1 aliphatic carbocycles. The summed E-state index contributed by atoms with van der Waals surface area (Å²) < 4.78 is 32.2. The second kappa shape index (κ2) is 10.5. The zero-order valence-corrected chi connectivity index (χ0v) is 19.6. The van der Waals surface area contributed by atoms with Crippen LogP contribution in [-0.2, 0) is 18.1 Å². The zero-order valence-electron chi connectivity index (χ0n) is 17.2. The van der Waals surface area contributed by atoms with E-state index in [4.69, 9.17) is 36.8 Å². The van der Waals surface area contributed by atoms with Gasteiger partial charge in [0.05, 0.1) is 12.2 Å². The van der Waals surface area contributed by atoms with Crippen LogP contribution in [0, 0.1) is 6.92 Å². The highest BCUT2D eigenvalue weighted by molar-refractivity contribution is 7.48. The molecule has 0 unspecified atom stereocenters. The fourth-order valence-electron chi connectivity index (χ4n) is 3.39. The third-order valence-electron chi connectivity index (χ3n) is 4.31. The second-order valence-corrected chi connectivity index (χ2v) is 10.3. The smallest absolute Gasteiger partial charge is 0.400 e. The molecule has 0 saturated heterocycles. The number of allylic oxidation sites excluding steroid dienone is 1. The normalized spacial score (nSPS) is 17.1. The minimum atomic E-state index is -3.90. The maximum Gasteiger partial charge on any atom is 0.530 e. The lowest BCUT2D eigenvalue weighted by Crippen LogP contribution is -2.18. The van der Waals surface area contributed by atoms with Crippen LogP contribution >= 0.6 is 31.0 Å². The average Bonchev–Trinajstić information content (AvgIpc) is 2.94. The molecule has 0 radical (unpaired) electrons. The van der Waals surface area contributed by atoms with Crippen molar-refractivity contribution in [2.45, 2.75) is 89.8 Å². The van der Waals surface area contributed by atoms with Crippen LogP contribution in [0.5, 0.6) is 0 Å². The Balaban J connectivity index is 2.43. The molecule has 1 aliphatic rings. The van der Waals surface area contributed by atoms with E-state index < -0.39 is 12.7 Å². The highest BCUT2D eigenvalue weighted by Crippen LogP contribution is 2.55. The number of hydrogen-bond acceptors (Lipinski definition) is 5. The number of nitrogens with zero attached hydrogens (tertiary/aromatic N) is 2. The molecule has 0 amide bonds. The molecule has 160 valence electrons. The molecular weight excluding hydrogens is 422 g/mol. The fraction of sp³-hybridized carbons (Fsp3) is 0.737. The van der Waals surface area contributed by atoms with Crippen molar-refractivity contribution in [3.05, 3.63) is 23.8 Å². The Labute approximate surface area is 178 Å². The van der Waals surface area contributed by atoms with Crippen molar-refractivity contribution < 1.29 is 18.1 Å². The minimum Gasteiger partial charge on any atom is -0.400 e. The lowest BCUT2D eigenvalue weighted by Gasteiger charge is -2.28. The lowest BCUT2D eigenvalue weighted by molar-refractivity contribution is 0.0970. The number of rotatable bonds is 9. The van der Waals surface area contributed by atoms with Crippen molar-refractivity contribution in [3.63, 3.8) is 0 Å². The third-order valence-corrected chi connectivity index (χ3v) is 6.34. The number of halogens is 2. The summed E-state index contributed by atoms with van der Waals surface area (Å²) in [4.78, 5) is 3.64. The summed E-state index contributed by atoms with van der Waals surface area (Å²) in [5, 5.41) is 0. The van der Waals surface area contributed by atoms with E-state index in [1.807, 2.05) is 6.92 Å². The predicted molar refractivity (Wildman–Crippen MR) is 114 cm³/mol. The van der Waals surface area contributed by atoms with Gasteiger partial charge in [0, 0.05) is 17.9 Å². The SMILES string of the molecule is Cc1cnc(/C(=C/C(Cl)Cl)OP(=O)(OC(C)C)OC(C)C)n1C1CCCCC1. The highest BCUT2D eigenvalue weighted by atomic mass is 35.5. The summed E-state index contributed by atoms with van der Waals surface area (Å²) in [6, 6.07) is 0.304. The first kappa shape index (κ1) is 23.8. The number of alkyl halides is 2. The van der Waals surface area contributed by atoms with Crippen LogP contribution in [-0.4, -0.2) is 26.6 Å². The Morgan fingerprint density at radius 2 is 1.75 bits per heavy atom. The van der Waals surface area contributed by atoms with Crippen LogP contribution in [0.1, 0.15) is 77.4 Å². The molecule has 9 heteroatoms. The Kier molecular flexibility index (Phi) is 8.90. The number of imidazole rings is 1. The van der Waals surface area contributed by atoms with Gasteiger partial charge in [-0.2, -0.15) is 0 Å². The topological polar surface area (TPSA) is 62.6 Å². The van der Waals surface area contributed by atoms with Gasteiger partial charge in [0.1, 0.15) is 4.84 Å². The van der Waals surface area contributed by atoms with Gasteiger partial charge in [0.15, 0.2) is 11.6 Å². The molecule has 1 aromatic rings. The van der Waals surface area contributed by atoms with Gasteiger partial charge in [-0.05, 0) is 53.5 Å². The lowest BCUT2D eigenvalue weighted by atomic mass is 9.95. The summed E-state index contributed by atoms with van der Waals surface area (Å²) in [5.41, 5.74) is 1.00. The van der Waals surface area contributed by atoms with E-state index in [-0.39, 0.29) is 18.0 Å². The van der Waals surface area contributed by atoms with E-state index in [9.17, 15) is 4.57 Å². The summed E-state index contributed by atoms with van der Waals surface area (Å²) in [6.07, 6.45) is 8.24. The first-order valence-electron chi connectivity index (χ1n) is 9.82. The van der Waals surface area contributed by atoms with Gasteiger partial charge in [-0.3, -0.25) is 9.05 Å². The van der Waals surface area contributed by atoms with Crippen LogP contribution in [0.3, 0.4) is 0 Å². The standard InChI is InChI=1S/C19H31Cl2N2O4P/c1-13(2)25-28(24,26-14(3)4)27-17(11-18(20)21)19-22-12-15(5)23(19)16-9-7-6-8-10-16/h11-14,16,18H,6-10H2,1-5H3/b17-11-. The largest absolute Gasteiger partial charge is 0.530 e. The van der Waals surface area contributed by atoms with Crippen molar-refractivity contribution in [2.24, 2.45) is 0 Å². The van der Waals surface area contributed by atoms with Crippen molar-refractivity contribution in [1.82, 2.24) is 9.55 Å². The Morgan fingerprint density at radius 3 is 2.25 bits per heavy atom. The fourth-order valence-corrected chi connectivity index (χ4v) is 5.17. The Hall–Kier alpha value is -0.520. The number of aryl methyl sites for hydroxylation is 1. The van der Waals surface area contributed by atoms with Crippen LogP contribution in [0.15, 0.2) is 12.3 Å². The Morgan fingerprint density at radius 1 is 1.18 bits per heavy atom. The number of phosphoric acid groups is 1. The van der Waals surface area contributed by atoms with Crippen LogP contribution in [0.2, 0.25) is 0 Å². The molecule has 2 rings (SSSR count). The average molecular weight is 453 g/mol. The minimum absolute atomic E-state index is 0.207. The number of phosphoric ester groups is 1. The molecule has 6 nitrogen and oxygen atoms in total. The van der Waals surface area contributed by atoms with Gasteiger partial charge in [-0.15, -0.1) is 23.2 Å². The van der Waals surface area contributed by atoms with E-state index in [1.54, 1.807) is 33.9 Å². The maximum absolute atomic E-state index is 13.3. The molecule has 0 spiro atoms. The third kappa shape index (κ3) is 6.77. The van der Waals surface area contributed by atoms with Gasteiger partial charge in [-0.25, -0.2) is 9.55 Å². The monoisotopic (exact) mass is 452 g/mol. The van der Waals surface area contributed by atoms with Gasteiger partial charge < -0.3 is 9.09 Å². The molecule has 1 aromatic heterocycles. The van der Waals surface area contributed by atoms with Crippen molar-refractivity contribution in [2.75, 3.05) is 0 Å². The molecule has 0 bridgehead atoms. The zero-order chi connectivity index (χ0) is 20.9. The first-order valence-corrected chi connectivity index (χ1v) is 12.1. The van der Waals surface area contributed by atoms with Crippen LogP contribution in [0.4, 0.5) is 0 Å². The molecule has 0 N–H and O–H groups in total. The van der Waals surface area contributed by atoms with Crippen molar-refractivity contribution in [3.8, 4) is 0 Å². The van der Waals surface area contributed by atoms with Crippen LogP contribution in [0.25, 0.3) is 5.76 Å². The molecular formula is C19H31Cl2N2O4P. The van der Waals surface area contributed by atoms with Gasteiger partial charge >= 0.3 is 7.82 Å². The Bertz CT molecular complexity index is 699. The van der Waals surface area contributed by atoms with Crippen LogP contribution < -0.4 is 0 Å². The van der Waals surface area contributed by atoms with Crippen molar-refractivity contribution >= 4 is 36.8 Å². The van der Waals surface area contributed by atoms with E-state index >= 15 is 0 Å². The van der Waals surface area contributed by atoms with Crippen molar-refractivity contribution in [1.29, 1.82) is 0 Å². The van der Waals surface area contributed by atoms with E-state index in [0.29, 0.717) is 11.9 Å². The number of hydrogen-bond donors (Lipinski definition) is 0. The molecule has 1 saturated carbocycles. The first-order chi connectivity index (χ1) is 13.1. The molecule has 1 fully saturated rings. The van der Waals surface area contributed by atoms with Gasteiger partial charge in [0.2, 0.25) is 0 Å². The van der Waals surface area contributed by atoms with E-state index in [2.05, 4.69) is 9.55 Å². The van der Waals surface area contributed by atoms with E-state index in [0.717, 1.165) is 18.5 Å². The summed E-state index contributed by atoms with van der Waals surface area (Å²) in [7, 11) is -3.90.